The number of hydrogen-bond donors (Lipinski definition) is 3. The zero-order valence-corrected chi connectivity index (χ0v) is 12.1. The largest absolute Gasteiger partial charge is 0.388 e. The fourth-order valence-electron chi connectivity index (χ4n) is 1.91. The molecule has 1 unspecified atom stereocenters. The van der Waals surface area contributed by atoms with Crippen LogP contribution in [0.1, 0.15) is 18.5 Å². The Kier molecular flexibility index (Phi) is 4.31. The lowest BCUT2D eigenvalue weighted by Gasteiger charge is -2.13. The van der Waals surface area contributed by atoms with Gasteiger partial charge in [0, 0.05) is 25.2 Å². The van der Waals surface area contributed by atoms with E-state index < -0.39 is 10.0 Å². The average molecular weight is 314 g/mol. The van der Waals surface area contributed by atoms with Gasteiger partial charge < -0.3 is 11.1 Å². The summed E-state index contributed by atoms with van der Waals surface area (Å²) in [5.41, 5.74) is 5.53. The molecule has 0 aromatic carbocycles. The molecule has 1 aromatic heterocycles. The molecule has 0 radical (unpaired) electrons. The van der Waals surface area contributed by atoms with Crippen molar-refractivity contribution in [3.8, 4) is 0 Å². The predicted octanol–water partition coefficient (Wildman–Crippen LogP) is -0.727. The number of pyridine rings is 1. The van der Waals surface area contributed by atoms with E-state index in [-0.39, 0.29) is 34.1 Å². The van der Waals surface area contributed by atoms with E-state index in [1.807, 2.05) is 0 Å². The molecule has 1 amide bonds. The molecule has 2 heterocycles. The van der Waals surface area contributed by atoms with Gasteiger partial charge in [-0.25, -0.2) is 13.1 Å². The minimum Gasteiger partial charge on any atom is -0.388 e. The first kappa shape index (κ1) is 14.8. The van der Waals surface area contributed by atoms with Crippen LogP contribution in [0.4, 0.5) is 0 Å². The number of rotatable bonds is 5. The molecule has 1 fully saturated rings. The molecule has 1 saturated heterocycles. The molecule has 108 valence electrons. The van der Waals surface area contributed by atoms with E-state index in [0.29, 0.717) is 12.8 Å². The van der Waals surface area contributed by atoms with Crippen LogP contribution >= 0.6 is 12.2 Å². The van der Waals surface area contributed by atoms with Crippen molar-refractivity contribution < 1.29 is 13.2 Å². The minimum absolute atomic E-state index is 0.0585. The highest BCUT2D eigenvalue weighted by molar-refractivity contribution is 7.89. The molecule has 1 aliphatic rings. The second kappa shape index (κ2) is 5.81. The van der Waals surface area contributed by atoms with Gasteiger partial charge in [-0.3, -0.25) is 9.78 Å². The van der Waals surface area contributed by atoms with Crippen molar-refractivity contribution in [2.45, 2.75) is 23.8 Å². The van der Waals surface area contributed by atoms with E-state index in [9.17, 15) is 13.2 Å². The van der Waals surface area contributed by atoms with Gasteiger partial charge in [-0.05, 0) is 18.6 Å². The van der Waals surface area contributed by atoms with E-state index >= 15 is 0 Å². The number of carbonyl (C=O) groups excluding carboxylic acids is 1. The van der Waals surface area contributed by atoms with Crippen molar-refractivity contribution >= 4 is 33.1 Å². The van der Waals surface area contributed by atoms with Gasteiger partial charge in [0.25, 0.3) is 0 Å². The van der Waals surface area contributed by atoms with Crippen molar-refractivity contribution in [2.75, 3.05) is 6.54 Å². The maximum Gasteiger partial charge on any atom is 0.242 e. The summed E-state index contributed by atoms with van der Waals surface area (Å²) in [6.45, 7) is 0.125. The molecule has 0 aliphatic carbocycles. The number of nitrogens with zero attached hydrogens (tertiary/aromatic N) is 1. The Morgan fingerprint density at radius 1 is 1.60 bits per heavy atom. The highest BCUT2D eigenvalue weighted by Gasteiger charge is 2.25. The Labute approximate surface area is 122 Å². The molecule has 0 bridgehead atoms. The van der Waals surface area contributed by atoms with Crippen LogP contribution in [-0.2, 0) is 14.8 Å². The van der Waals surface area contributed by atoms with Crippen molar-refractivity contribution in [3.05, 3.63) is 24.0 Å². The van der Waals surface area contributed by atoms with Gasteiger partial charge in [0.15, 0.2) is 0 Å². The monoisotopic (exact) mass is 314 g/mol. The topological polar surface area (TPSA) is 114 Å². The molecule has 0 saturated carbocycles. The van der Waals surface area contributed by atoms with Gasteiger partial charge in [-0.15, -0.1) is 0 Å². The lowest BCUT2D eigenvalue weighted by molar-refractivity contribution is -0.119. The maximum atomic E-state index is 12.2. The number of carbonyl (C=O) groups is 1. The first-order valence-electron chi connectivity index (χ1n) is 5.94. The third-order valence-electron chi connectivity index (χ3n) is 2.90. The molecule has 9 heteroatoms. The van der Waals surface area contributed by atoms with Crippen LogP contribution in [0, 0.1) is 0 Å². The fraction of sp³-hybridized carbons (Fsp3) is 0.364. The van der Waals surface area contributed by atoms with Crippen molar-refractivity contribution in [3.63, 3.8) is 0 Å². The lowest BCUT2D eigenvalue weighted by Crippen LogP contribution is -2.39. The summed E-state index contributed by atoms with van der Waals surface area (Å²) < 4.78 is 26.9. The molecule has 20 heavy (non-hydrogen) atoms. The standard InChI is InChI=1S/C11H14N4O3S2/c12-11(19)10-8(2-1-5-13-10)20(17,18)14-6-7-3-4-9(16)15-7/h1-2,5,7,14H,3-4,6H2,(H2,12,19)(H,15,16). The number of sulfonamides is 1. The quantitative estimate of drug-likeness (QED) is 0.618. The van der Waals surface area contributed by atoms with Crippen LogP contribution in [-0.4, -0.2) is 36.9 Å². The predicted molar refractivity (Wildman–Crippen MR) is 76.5 cm³/mol. The summed E-state index contributed by atoms with van der Waals surface area (Å²) >= 11 is 4.79. The number of amides is 1. The Balaban J connectivity index is 2.14. The minimum atomic E-state index is -3.77. The molecule has 1 atom stereocenters. The summed E-state index contributed by atoms with van der Waals surface area (Å²) in [5, 5.41) is 2.68. The SMILES string of the molecule is NC(=S)c1ncccc1S(=O)(=O)NCC1CCC(=O)N1. The number of hydrogen-bond acceptors (Lipinski definition) is 5. The van der Waals surface area contributed by atoms with Crippen LogP contribution < -0.4 is 15.8 Å². The van der Waals surface area contributed by atoms with Crippen molar-refractivity contribution in [1.29, 1.82) is 0 Å². The third-order valence-corrected chi connectivity index (χ3v) is 4.55. The summed E-state index contributed by atoms with van der Waals surface area (Å²) in [7, 11) is -3.77. The zero-order chi connectivity index (χ0) is 14.8. The second-order valence-electron chi connectivity index (χ2n) is 4.37. The summed E-state index contributed by atoms with van der Waals surface area (Å²) in [4.78, 5) is 14.8. The Morgan fingerprint density at radius 2 is 2.35 bits per heavy atom. The summed E-state index contributed by atoms with van der Waals surface area (Å²) in [6, 6.07) is 2.69. The summed E-state index contributed by atoms with van der Waals surface area (Å²) in [5.74, 6) is -0.0700. The molecular formula is C11H14N4O3S2. The fourth-order valence-corrected chi connectivity index (χ4v) is 3.39. The Bertz CT molecular complexity index is 645. The van der Waals surface area contributed by atoms with Crippen molar-refractivity contribution in [1.82, 2.24) is 15.0 Å². The Morgan fingerprint density at radius 3 is 2.95 bits per heavy atom. The number of aromatic nitrogens is 1. The molecule has 4 N–H and O–H groups in total. The molecule has 0 spiro atoms. The van der Waals surface area contributed by atoms with E-state index in [1.54, 1.807) is 0 Å². The van der Waals surface area contributed by atoms with Gasteiger partial charge in [0.2, 0.25) is 15.9 Å². The summed E-state index contributed by atoms with van der Waals surface area (Å²) in [6.07, 6.45) is 2.44. The maximum absolute atomic E-state index is 12.2. The first-order chi connectivity index (χ1) is 9.40. The molecular weight excluding hydrogens is 300 g/mol. The Hall–Kier alpha value is -1.58. The number of nitrogens with one attached hydrogen (secondary N) is 2. The highest BCUT2D eigenvalue weighted by Crippen LogP contribution is 2.13. The third kappa shape index (κ3) is 3.30. The van der Waals surface area contributed by atoms with Crippen LogP contribution in [0.5, 0.6) is 0 Å². The van der Waals surface area contributed by atoms with Gasteiger partial charge in [-0.1, -0.05) is 12.2 Å². The van der Waals surface area contributed by atoms with Crippen LogP contribution in [0.25, 0.3) is 0 Å². The van der Waals surface area contributed by atoms with Gasteiger partial charge in [0.1, 0.15) is 15.6 Å². The molecule has 1 aliphatic heterocycles. The first-order valence-corrected chi connectivity index (χ1v) is 7.83. The van der Waals surface area contributed by atoms with Gasteiger partial charge >= 0.3 is 0 Å². The van der Waals surface area contributed by atoms with E-state index in [1.165, 1.54) is 18.3 Å². The lowest BCUT2D eigenvalue weighted by atomic mass is 10.2. The van der Waals surface area contributed by atoms with E-state index in [0.717, 1.165) is 0 Å². The van der Waals surface area contributed by atoms with E-state index in [2.05, 4.69) is 15.0 Å². The highest BCUT2D eigenvalue weighted by atomic mass is 32.2. The normalized spacial score (nSPS) is 18.8. The van der Waals surface area contributed by atoms with Crippen molar-refractivity contribution in [2.24, 2.45) is 5.73 Å². The molecule has 7 nitrogen and oxygen atoms in total. The smallest absolute Gasteiger partial charge is 0.242 e. The van der Waals surface area contributed by atoms with E-state index in [4.69, 9.17) is 18.0 Å². The average Bonchev–Trinajstić information content (AvgIpc) is 2.82. The molecule has 1 aromatic rings. The zero-order valence-electron chi connectivity index (χ0n) is 10.5. The molecule has 2 rings (SSSR count). The van der Waals surface area contributed by atoms with Gasteiger partial charge in [-0.2, -0.15) is 0 Å². The second-order valence-corrected chi connectivity index (χ2v) is 6.54. The van der Waals surface area contributed by atoms with Gasteiger partial charge in [0.05, 0.1) is 0 Å². The number of thiocarbonyl (C=S) groups is 1. The number of nitrogens with two attached hydrogens (primary N) is 1. The van der Waals surface area contributed by atoms with Crippen LogP contribution in [0.15, 0.2) is 23.2 Å². The van der Waals surface area contributed by atoms with Crippen LogP contribution in [0.3, 0.4) is 0 Å². The van der Waals surface area contributed by atoms with Crippen LogP contribution in [0.2, 0.25) is 0 Å².